The van der Waals surface area contributed by atoms with Crippen molar-refractivity contribution in [3.8, 4) is 6.07 Å². The predicted molar refractivity (Wildman–Crippen MR) is 79.2 cm³/mol. The first-order valence-electron chi connectivity index (χ1n) is 7.30. The molecule has 2 rings (SSSR count). The van der Waals surface area contributed by atoms with Crippen LogP contribution in [0.4, 0.5) is 5.69 Å². The quantitative estimate of drug-likeness (QED) is 0.763. The highest BCUT2D eigenvalue weighted by Gasteiger charge is 2.29. The van der Waals surface area contributed by atoms with Gasteiger partial charge in [0.15, 0.2) is 0 Å². The third-order valence-corrected chi connectivity index (χ3v) is 3.58. The van der Waals surface area contributed by atoms with E-state index in [-0.39, 0.29) is 0 Å². The first-order chi connectivity index (χ1) is 9.30. The van der Waals surface area contributed by atoms with Gasteiger partial charge in [0.25, 0.3) is 0 Å². The standard InChI is InChI=1S/C16H23N3/c1-3-9-18-12-13-5-8-16(14(10-13)11-17)19(4-2)15-6-7-15/h5,8,10,15,18H,3-4,6-7,9,12H2,1-2H3. The van der Waals surface area contributed by atoms with E-state index in [0.717, 1.165) is 37.3 Å². The molecular formula is C16H23N3. The number of nitrogens with zero attached hydrogens (tertiary/aromatic N) is 2. The van der Waals surface area contributed by atoms with Crippen molar-refractivity contribution in [1.82, 2.24) is 5.32 Å². The van der Waals surface area contributed by atoms with E-state index in [1.165, 1.54) is 18.4 Å². The van der Waals surface area contributed by atoms with Crippen LogP contribution in [0.2, 0.25) is 0 Å². The van der Waals surface area contributed by atoms with E-state index >= 15 is 0 Å². The minimum Gasteiger partial charge on any atom is -0.368 e. The molecule has 0 aliphatic heterocycles. The summed E-state index contributed by atoms with van der Waals surface area (Å²) < 4.78 is 0. The van der Waals surface area contributed by atoms with Crippen LogP contribution < -0.4 is 10.2 Å². The Balaban J connectivity index is 2.14. The van der Waals surface area contributed by atoms with Crippen LogP contribution in [0.15, 0.2) is 18.2 Å². The van der Waals surface area contributed by atoms with Crippen molar-refractivity contribution in [2.75, 3.05) is 18.0 Å². The maximum atomic E-state index is 9.36. The lowest BCUT2D eigenvalue weighted by Crippen LogP contribution is -2.26. The lowest BCUT2D eigenvalue weighted by molar-refractivity contribution is 0.675. The van der Waals surface area contributed by atoms with E-state index < -0.39 is 0 Å². The molecule has 0 unspecified atom stereocenters. The van der Waals surface area contributed by atoms with Gasteiger partial charge in [-0.2, -0.15) is 5.26 Å². The zero-order chi connectivity index (χ0) is 13.7. The summed E-state index contributed by atoms with van der Waals surface area (Å²) in [7, 11) is 0. The second-order valence-electron chi connectivity index (χ2n) is 5.16. The molecule has 0 atom stereocenters. The van der Waals surface area contributed by atoms with E-state index in [0.29, 0.717) is 6.04 Å². The summed E-state index contributed by atoms with van der Waals surface area (Å²) in [5.41, 5.74) is 3.11. The van der Waals surface area contributed by atoms with Crippen molar-refractivity contribution in [3.05, 3.63) is 29.3 Å². The molecule has 1 aliphatic rings. The van der Waals surface area contributed by atoms with E-state index in [1.807, 2.05) is 6.07 Å². The molecule has 0 aromatic heterocycles. The van der Waals surface area contributed by atoms with Crippen LogP contribution in [0.5, 0.6) is 0 Å². The van der Waals surface area contributed by atoms with E-state index in [1.54, 1.807) is 0 Å². The van der Waals surface area contributed by atoms with Crippen molar-refractivity contribution >= 4 is 5.69 Å². The van der Waals surface area contributed by atoms with Gasteiger partial charge < -0.3 is 10.2 Å². The zero-order valence-corrected chi connectivity index (χ0v) is 11.9. The molecule has 0 heterocycles. The fraction of sp³-hybridized carbons (Fsp3) is 0.562. The predicted octanol–water partition coefficient (Wildman–Crippen LogP) is 3.05. The van der Waals surface area contributed by atoms with Crippen LogP contribution in [-0.2, 0) is 6.54 Å². The molecule has 3 nitrogen and oxygen atoms in total. The smallest absolute Gasteiger partial charge is 0.101 e. The Hall–Kier alpha value is -1.53. The fourth-order valence-corrected chi connectivity index (χ4v) is 2.45. The number of anilines is 1. The summed E-state index contributed by atoms with van der Waals surface area (Å²) in [6.07, 6.45) is 3.66. The van der Waals surface area contributed by atoms with Gasteiger partial charge in [-0.05, 0) is 50.4 Å². The van der Waals surface area contributed by atoms with Gasteiger partial charge in [-0.25, -0.2) is 0 Å². The third kappa shape index (κ3) is 3.48. The molecule has 102 valence electrons. The van der Waals surface area contributed by atoms with Crippen LogP contribution in [0, 0.1) is 11.3 Å². The van der Waals surface area contributed by atoms with E-state index in [2.05, 4.69) is 42.3 Å². The second-order valence-corrected chi connectivity index (χ2v) is 5.16. The monoisotopic (exact) mass is 257 g/mol. The van der Waals surface area contributed by atoms with Gasteiger partial charge >= 0.3 is 0 Å². The number of benzene rings is 1. The molecule has 0 radical (unpaired) electrons. The second kappa shape index (κ2) is 6.58. The van der Waals surface area contributed by atoms with Crippen molar-refractivity contribution < 1.29 is 0 Å². The van der Waals surface area contributed by atoms with Gasteiger partial charge in [0, 0.05) is 19.1 Å². The van der Waals surface area contributed by atoms with Gasteiger partial charge in [-0.15, -0.1) is 0 Å². The minimum absolute atomic E-state index is 0.654. The van der Waals surface area contributed by atoms with E-state index in [9.17, 15) is 5.26 Å². The zero-order valence-electron chi connectivity index (χ0n) is 11.9. The summed E-state index contributed by atoms with van der Waals surface area (Å²) in [5, 5.41) is 12.7. The Morgan fingerprint density at radius 1 is 1.37 bits per heavy atom. The van der Waals surface area contributed by atoms with Crippen molar-refractivity contribution in [2.24, 2.45) is 0 Å². The summed E-state index contributed by atoms with van der Waals surface area (Å²) >= 11 is 0. The summed E-state index contributed by atoms with van der Waals surface area (Å²) in [6, 6.07) is 9.30. The summed E-state index contributed by atoms with van der Waals surface area (Å²) in [5.74, 6) is 0. The topological polar surface area (TPSA) is 39.1 Å². The average Bonchev–Trinajstić information content (AvgIpc) is 3.26. The van der Waals surface area contributed by atoms with Gasteiger partial charge in [-0.1, -0.05) is 13.0 Å². The lowest BCUT2D eigenvalue weighted by Gasteiger charge is -2.24. The SMILES string of the molecule is CCCNCc1ccc(N(CC)C2CC2)c(C#N)c1. The molecule has 1 aromatic rings. The van der Waals surface area contributed by atoms with Crippen LogP contribution >= 0.6 is 0 Å². The Bertz CT molecular complexity index is 458. The molecule has 0 bridgehead atoms. The van der Waals surface area contributed by atoms with E-state index in [4.69, 9.17) is 0 Å². The van der Waals surface area contributed by atoms with Crippen molar-refractivity contribution in [1.29, 1.82) is 5.26 Å². The minimum atomic E-state index is 0.654. The molecule has 1 saturated carbocycles. The van der Waals surface area contributed by atoms with Crippen LogP contribution in [0.3, 0.4) is 0 Å². The van der Waals surface area contributed by atoms with Crippen molar-refractivity contribution in [2.45, 2.75) is 45.7 Å². The Morgan fingerprint density at radius 3 is 2.74 bits per heavy atom. The maximum absolute atomic E-state index is 9.36. The number of rotatable bonds is 7. The Labute approximate surface area is 116 Å². The molecule has 3 heteroatoms. The highest BCUT2D eigenvalue weighted by Crippen LogP contribution is 2.33. The first-order valence-corrected chi connectivity index (χ1v) is 7.30. The summed E-state index contributed by atoms with van der Waals surface area (Å²) in [4.78, 5) is 2.36. The van der Waals surface area contributed by atoms with Gasteiger partial charge in [-0.3, -0.25) is 0 Å². The van der Waals surface area contributed by atoms with Gasteiger partial charge in [0.1, 0.15) is 6.07 Å². The van der Waals surface area contributed by atoms with Crippen LogP contribution in [0.25, 0.3) is 0 Å². The molecule has 1 aliphatic carbocycles. The van der Waals surface area contributed by atoms with Crippen LogP contribution in [0.1, 0.15) is 44.2 Å². The van der Waals surface area contributed by atoms with Crippen LogP contribution in [-0.4, -0.2) is 19.1 Å². The molecule has 1 fully saturated rings. The number of nitrogens with one attached hydrogen (secondary N) is 1. The molecule has 0 saturated heterocycles. The molecule has 0 amide bonds. The average molecular weight is 257 g/mol. The lowest BCUT2D eigenvalue weighted by atomic mass is 10.1. The van der Waals surface area contributed by atoms with Gasteiger partial charge in [0.2, 0.25) is 0 Å². The normalized spacial score (nSPS) is 14.2. The fourth-order valence-electron chi connectivity index (χ4n) is 2.45. The molecule has 0 spiro atoms. The Morgan fingerprint density at radius 2 is 2.16 bits per heavy atom. The number of nitriles is 1. The molecule has 19 heavy (non-hydrogen) atoms. The molecule has 1 aromatic carbocycles. The largest absolute Gasteiger partial charge is 0.368 e. The highest BCUT2D eigenvalue weighted by atomic mass is 15.2. The third-order valence-electron chi connectivity index (χ3n) is 3.58. The van der Waals surface area contributed by atoms with Gasteiger partial charge in [0.05, 0.1) is 11.3 Å². The van der Waals surface area contributed by atoms with Crippen molar-refractivity contribution in [3.63, 3.8) is 0 Å². The highest BCUT2D eigenvalue weighted by molar-refractivity contribution is 5.61. The number of hydrogen-bond donors (Lipinski definition) is 1. The maximum Gasteiger partial charge on any atom is 0.101 e. The molecule has 1 N–H and O–H groups in total. The number of hydrogen-bond acceptors (Lipinski definition) is 3. The Kier molecular flexibility index (Phi) is 4.81. The first kappa shape index (κ1) is 13.9. The molecular weight excluding hydrogens is 234 g/mol. The summed E-state index contributed by atoms with van der Waals surface area (Å²) in [6.45, 7) is 7.17.